The average molecular weight is 339 g/mol. The van der Waals surface area contributed by atoms with Crippen LogP contribution in [0.2, 0.25) is 0 Å². The Bertz CT molecular complexity index is 834. The van der Waals surface area contributed by atoms with Crippen LogP contribution in [0.5, 0.6) is 0 Å². The summed E-state index contributed by atoms with van der Waals surface area (Å²) in [5.74, 6) is 1.02. The fraction of sp³-hybridized carbons (Fsp3) is 0.421. The number of aryl methyl sites for hydroxylation is 2. The van der Waals surface area contributed by atoms with E-state index in [2.05, 4.69) is 40.6 Å². The Balaban J connectivity index is 1.93. The lowest BCUT2D eigenvalue weighted by Crippen LogP contribution is -2.31. The molecule has 3 rings (SSSR count). The van der Waals surface area contributed by atoms with Crippen molar-refractivity contribution >= 4 is 17.5 Å². The summed E-state index contributed by atoms with van der Waals surface area (Å²) in [5.41, 5.74) is 4.61. The van der Waals surface area contributed by atoms with Gasteiger partial charge in [-0.15, -0.1) is 0 Å². The van der Waals surface area contributed by atoms with Crippen LogP contribution in [0.1, 0.15) is 44.4 Å². The van der Waals surface area contributed by atoms with Crippen molar-refractivity contribution in [1.29, 1.82) is 0 Å². The van der Waals surface area contributed by atoms with Crippen LogP contribution in [-0.2, 0) is 4.79 Å². The summed E-state index contributed by atoms with van der Waals surface area (Å²) >= 11 is 0. The number of hydrogen-bond donors (Lipinski definition) is 2. The summed E-state index contributed by atoms with van der Waals surface area (Å²) in [5, 5.41) is 10.6. The molecule has 1 aromatic carbocycles. The van der Waals surface area contributed by atoms with Crippen molar-refractivity contribution in [3.05, 3.63) is 46.9 Å². The molecule has 0 aliphatic carbocycles. The lowest BCUT2D eigenvalue weighted by molar-refractivity contribution is -0.113. The van der Waals surface area contributed by atoms with Gasteiger partial charge in [-0.1, -0.05) is 31.5 Å². The van der Waals surface area contributed by atoms with E-state index < -0.39 is 0 Å². The second-order valence-corrected chi connectivity index (χ2v) is 7.11. The summed E-state index contributed by atoms with van der Waals surface area (Å²) in [6.07, 6.45) is 2.35. The third-order valence-corrected chi connectivity index (χ3v) is 4.47. The molecule has 0 saturated carbocycles. The second-order valence-electron chi connectivity index (χ2n) is 7.11. The number of anilines is 2. The highest BCUT2D eigenvalue weighted by molar-refractivity contribution is 6.05. The van der Waals surface area contributed by atoms with Crippen molar-refractivity contribution in [2.24, 2.45) is 5.92 Å². The van der Waals surface area contributed by atoms with Gasteiger partial charge in [0.05, 0.1) is 11.6 Å². The maximum absolute atomic E-state index is 13.1. The molecule has 0 spiro atoms. The highest BCUT2D eigenvalue weighted by atomic mass is 16.1. The van der Waals surface area contributed by atoms with E-state index in [1.54, 1.807) is 0 Å². The molecule has 2 aromatic rings. The number of allylic oxidation sites excluding steroid dienone is 1. The van der Waals surface area contributed by atoms with Gasteiger partial charge in [-0.2, -0.15) is 10.1 Å². The predicted octanol–water partition coefficient (Wildman–Crippen LogP) is 3.82. The van der Waals surface area contributed by atoms with Crippen molar-refractivity contribution in [2.45, 2.75) is 47.1 Å². The maximum Gasteiger partial charge on any atom is 0.255 e. The molecule has 1 aliphatic rings. The van der Waals surface area contributed by atoms with Gasteiger partial charge in [0.25, 0.3) is 5.91 Å². The Labute approximate surface area is 148 Å². The first-order chi connectivity index (χ1) is 11.9. The molecule has 6 heteroatoms. The van der Waals surface area contributed by atoms with Crippen LogP contribution >= 0.6 is 0 Å². The fourth-order valence-corrected chi connectivity index (χ4v) is 3.30. The number of nitrogens with zero attached hydrogens (tertiary/aromatic N) is 3. The standard InChI is InChI=1S/C19H25N5O/c1-11(2)8-16-17(14(5)22-19-20-10-21-24(16)19)18(25)23-15-7-6-12(3)9-13(15)4/h6-7,9-11,16H,8H2,1-5H3,(H,23,25)(H,20,21,22). The van der Waals surface area contributed by atoms with Gasteiger partial charge in [0.1, 0.15) is 6.33 Å². The molecule has 1 amide bonds. The number of carbonyl (C=O) groups excluding carboxylic acids is 1. The molecule has 25 heavy (non-hydrogen) atoms. The van der Waals surface area contributed by atoms with Gasteiger partial charge >= 0.3 is 0 Å². The molecule has 1 atom stereocenters. The first-order valence-corrected chi connectivity index (χ1v) is 8.62. The number of hydrogen-bond acceptors (Lipinski definition) is 4. The molecule has 132 valence electrons. The van der Waals surface area contributed by atoms with E-state index in [0.29, 0.717) is 17.4 Å². The molecular weight excluding hydrogens is 314 g/mol. The molecule has 0 fully saturated rings. The van der Waals surface area contributed by atoms with Crippen LogP contribution in [0.25, 0.3) is 0 Å². The van der Waals surface area contributed by atoms with Gasteiger partial charge in [-0.25, -0.2) is 4.68 Å². The monoisotopic (exact) mass is 339 g/mol. The Kier molecular flexibility index (Phi) is 4.61. The van der Waals surface area contributed by atoms with E-state index >= 15 is 0 Å². The minimum atomic E-state index is -0.121. The quantitative estimate of drug-likeness (QED) is 0.888. The second kappa shape index (κ2) is 6.70. The summed E-state index contributed by atoms with van der Waals surface area (Å²) in [4.78, 5) is 17.3. The molecule has 6 nitrogen and oxygen atoms in total. The molecule has 0 bridgehead atoms. The maximum atomic E-state index is 13.1. The van der Waals surface area contributed by atoms with Gasteiger partial charge in [-0.3, -0.25) is 4.79 Å². The van der Waals surface area contributed by atoms with Gasteiger partial charge < -0.3 is 10.6 Å². The Hall–Kier alpha value is -2.63. The summed E-state index contributed by atoms with van der Waals surface area (Å²) in [7, 11) is 0. The molecule has 1 unspecified atom stereocenters. The Morgan fingerprint density at radius 3 is 2.76 bits per heavy atom. The number of fused-ring (bicyclic) bond motifs is 1. The molecular formula is C19H25N5O. The van der Waals surface area contributed by atoms with Gasteiger partial charge in [0, 0.05) is 11.4 Å². The van der Waals surface area contributed by atoms with E-state index in [1.165, 1.54) is 11.9 Å². The van der Waals surface area contributed by atoms with Crippen molar-refractivity contribution in [3.8, 4) is 0 Å². The third kappa shape index (κ3) is 3.43. The minimum Gasteiger partial charge on any atom is -0.328 e. The Morgan fingerprint density at radius 2 is 2.08 bits per heavy atom. The minimum absolute atomic E-state index is 0.0937. The predicted molar refractivity (Wildman–Crippen MR) is 99.4 cm³/mol. The van der Waals surface area contributed by atoms with Crippen LogP contribution in [0, 0.1) is 19.8 Å². The molecule has 1 aromatic heterocycles. The fourth-order valence-electron chi connectivity index (χ4n) is 3.30. The van der Waals surface area contributed by atoms with Crippen LogP contribution in [0.3, 0.4) is 0 Å². The van der Waals surface area contributed by atoms with Crippen molar-refractivity contribution < 1.29 is 4.79 Å². The normalized spacial score (nSPS) is 16.6. The third-order valence-electron chi connectivity index (χ3n) is 4.47. The van der Waals surface area contributed by atoms with E-state index in [4.69, 9.17) is 0 Å². The average Bonchev–Trinajstić information content (AvgIpc) is 2.97. The highest BCUT2D eigenvalue weighted by Gasteiger charge is 2.32. The number of rotatable bonds is 4. The van der Waals surface area contributed by atoms with Crippen LogP contribution < -0.4 is 10.6 Å². The van der Waals surface area contributed by atoms with Crippen molar-refractivity contribution in [3.63, 3.8) is 0 Å². The van der Waals surface area contributed by atoms with Crippen LogP contribution in [0.15, 0.2) is 35.8 Å². The number of carbonyl (C=O) groups is 1. The van der Waals surface area contributed by atoms with Gasteiger partial charge in [0.15, 0.2) is 0 Å². The van der Waals surface area contributed by atoms with Crippen molar-refractivity contribution in [2.75, 3.05) is 10.6 Å². The van der Waals surface area contributed by atoms with Crippen LogP contribution in [0.4, 0.5) is 11.6 Å². The lowest BCUT2D eigenvalue weighted by Gasteiger charge is -2.29. The number of amides is 1. The zero-order chi connectivity index (χ0) is 18.1. The lowest BCUT2D eigenvalue weighted by atomic mass is 9.93. The Morgan fingerprint density at radius 1 is 1.32 bits per heavy atom. The van der Waals surface area contributed by atoms with Crippen molar-refractivity contribution in [1.82, 2.24) is 14.8 Å². The van der Waals surface area contributed by atoms with Gasteiger partial charge in [0.2, 0.25) is 5.95 Å². The number of benzene rings is 1. The zero-order valence-corrected chi connectivity index (χ0v) is 15.4. The van der Waals surface area contributed by atoms with E-state index in [1.807, 2.05) is 37.6 Å². The molecule has 1 aliphatic heterocycles. The molecule has 2 heterocycles. The topological polar surface area (TPSA) is 71.8 Å². The SMILES string of the molecule is CC1=C(C(=O)Nc2ccc(C)cc2C)C(CC(C)C)n2ncnc2N1. The number of aromatic nitrogens is 3. The first kappa shape index (κ1) is 17.2. The van der Waals surface area contributed by atoms with E-state index in [-0.39, 0.29) is 11.9 Å². The summed E-state index contributed by atoms with van der Waals surface area (Å²) in [6.45, 7) is 10.3. The number of nitrogens with one attached hydrogen (secondary N) is 2. The highest BCUT2D eigenvalue weighted by Crippen LogP contribution is 2.34. The first-order valence-electron chi connectivity index (χ1n) is 8.62. The summed E-state index contributed by atoms with van der Waals surface area (Å²) < 4.78 is 1.81. The van der Waals surface area contributed by atoms with E-state index in [0.717, 1.165) is 23.4 Å². The summed E-state index contributed by atoms with van der Waals surface area (Å²) in [6, 6.07) is 5.90. The molecule has 2 N–H and O–H groups in total. The molecule has 0 saturated heterocycles. The van der Waals surface area contributed by atoms with Gasteiger partial charge in [-0.05, 0) is 44.7 Å². The van der Waals surface area contributed by atoms with Crippen LogP contribution in [-0.4, -0.2) is 20.7 Å². The largest absolute Gasteiger partial charge is 0.328 e. The zero-order valence-electron chi connectivity index (χ0n) is 15.4. The molecule has 0 radical (unpaired) electrons. The smallest absolute Gasteiger partial charge is 0.255 e. The van der Waals surface area contributed by atoms with E-state index in [9.17, 15) is 4.79 Å².